The van der Waals surface area contributed by atoms with E-state index in [-0.39, 0.29) is 0 Å². The minimum atomic E-state index is 0.394. The molecule has 112 heavy (non-hydrogen) atoms. The molecule has 21 rings (SSSR count). The van der Waals surface area contributed by atoms with E-state index in [4.69, 9.17) is 29.9 Å². The molecule has 0 saturated heterocycles. The molecular formula is C104H90N8. The second-order valence-corrected chi connectivity index (χ2v) is 34.2. The molecule has 546 valence electrons. The number of aromatic nitrogens is 8. The molecule has 0 atom stereocenters. The van der Waals surface area contributed by atoms with Crippen LogP contribution in [0.4, 0.5) is 0 Å². The van der Waals surface area contributed by atoms with Crippen LogP contribution in [0, 0.1) is 142 Å². The molecule has 8 saturated carbocycles. The lowest BCUT2D eigenvalue weighted by Crippen LogP contribution is -1.92. The first kappa shape index (κ1) is 68.7. The number of fused-ring (bicyclic) bond motifs is 24. The molecule has 8 bridgehead atoms. The molecule has 2 aliphatic heterocycles. The number of nitrogens with one attached hydrogen (secondary N) is 2. The Kier molecular flexibility index (Phi) is 18.2. The summed E-state index contributed by atoms with van der Waals surface area (Å²) in [5.74, 6) is 64.8. The molecule has 10 aliphatic rings. The SMILES string of the molecule is C(#CC1CCCC1)c1cc2cc3c(cc2cc1C#CC1CCCC1)-c1nc-3nc2[nH]c(nc3nc(nc4[nH]c(n1)c1cc5cc(C#CC6CCCC6)c(C#CC6CCCC6)cc5cc41)-c1cc4cc(C#CC5CCCC5)c(C#CC5CCCC5)cc4cc1-3)c1cc3cc(C#CC4CCCC4)c(C#CC4CCCC4)cc3cc21. The summed E-state index contributed by atoms with van der Waals surface area (Å²) in [5.41, 5.74) is 13.8. The van der Waals surface area contributed by atoms with Gasteiger partial charge in [-0.3, -0.25) is 0 Å². The summed E-state index contributed by atoms with van der Waals surface area (Å²) in [6.07, 6.45) is 38.0. The van der Waals surface area contributed by atoms with Crippen LogP contribution in [0.5, 0.6) is 0 Å². The summed E-state index contributed by atoms with van der Waals surface area (Å²) in [6.45, 7) is 0. The lowest BCUT2D eigenvalue weighted by atomic mass is 9.95. The molecule has 8 heteroatoms. The maximum atomic E-state index is 5.77. The van der Waals surface area contributed by atoms with Crippen molar-refractivity contribution in [1.82, 2.24) is 39.9 Å². The van der Waals surface area contributed by atoms with Crippen molar-refractivity contribution >= 4 is 87.2 Å². The fraction of sp³-hybridized carbons (Fsp3) is 0.385. The van der Waals surface area contributed by atoms with Gasteiger partial charge in [0, 0.05) is 136 Å². The van der Waals surface area contributed by atoms with Crippen LogP contribution in [-0.4, -0.2) is 39.9 Å². The van der Waals surface area contributed by atoms with Gasteiger partial charge in [-0.2, -0.15) is 0 Å². The fourth-order valence-corrected chi connectivity index (χ4v) is 19.8. The van der Waals surface area contributed by atoms with Crippen LogP contribution < -0.4 is 0 Å². The van der Waals surface area contributed by atoms with Gasteiger partial charge in [0.1, 0.15) is 22.6 Å². The van der Waals surface area contributed by atoms with E-state index in [0.717, 1.165) is 234 Å². The molecule has 0 amide bonds. The summed E-state index contributed by atoms with van der Waals surface area (Å²) in [6, 6.07) is 36.3. The van der Waals surface area contributed by atoms with Gasteiger partial charge in [0.05, 0.1) is 0 Å². The molecule has 11 aromatic rings. The quantitative estimate of drug-likeness (QED) is 0.146. The highest BCUT2D eigenvalue weighted by molar-refractivity contribution is 6.14. The van der Waals surface area contributed by atoms with Crippen molar-refractivity contribution in [3.8, 4) is 140 Å². The normalized spacial score (nSPS) is 18.1. The molecule has 0 unspecified atom stereocenters. The molecule has 3 aromatic heterocycles. The molecule has 8 aromatic carbocycles. The van der Waals surface area contributed by atoms with E-state index in [1.54, 1.807) is 0 Å². The van der Waals surface area contributed by atoms with Gasteiger partial charge in [-0.05, 0) is 243 Å². The van der Waals surface area contributed by atoms with Crippen LogP contribution in [0.25, 0.3) is 133 Å². The monoisotopic (exact) mass is 1450 g/mol. The summed E-state index contributed by atoms with van der Waals surface area (Å²) in [5, 5.41) is 12.0. The van der Waals surface area contributed by atoms with Crippen molar-refractivity contribution in [2.45, 2.75) is 205 Å². The van der Waals surface area contributed by atoms with Crippen LogP contribution in [0.2, 0.25) is 0 Å². The lowest BCUT2D eigenvalue weighted by Gasteiger charge is -2.07. The Hall–Kier alpha value is -11.4. The third-order valence-electron chi connectivity index (χ3n) is 26.3. The van der Waals surface area contributed by atoms with E-state index in [1.807, 2.05) is 0 Å². The van der Waals surface area contributed by atoms with Crippen LogP contribution in [0.15, 0.2) is 97.1 Å². The molecule has 2 N–H and O–H groups in total. The number of nitrogens with zero attached hydrogens (tertiary/aromatic N) is 6. The predicted octanol–water partition coefficient (Wildman–Crippen LogP) is 23.8. The van der Waals surface area contributed by atoms with E-state index >= 15 is 0 Å². The highest BCUT2D eigenvalue weighted by Crippen LogP contribution is 2.44. The van der Waals surface area contributed by atoms with E-state index in [2.05, 4.69) is 202 Å². The molecule has 8 aliphatic carbocycles. The van der Waals surface area contributed by atoms with Crippen molar-refractivity contribution in [3.05, 3.63) is 142 Å². The Morgan fingerprint density at radius 2 is 0.339 bits per heavy atom. The molecule has 8 fully saturated rings. The predicted molar refractivity (Wildman–Crippen MR) is 457 cm³/mol. The number of hydrogen-bond acceptors (Lipinski definition) is 6. The Balaban J connectivity index is 0.840. The third kappa shape index (κ3) is 13.8. The van der Waals surface area contributed by atoms with Gasteiger partial charge >= 0.3 is 0 Å². The van der Waals surface area contributed by atoms with E-state index in [0.29, 0.717) is 93.2 Å². The average molecular weight is 1450 g/mol. The molecule has 0 radical (unpaired) electrons. The maximum Gasteiger partial charge on any atom is 0.164 e. The number of benzene rings is 8. The summed E-state index contributed by atoms with van der Waals surface area (Å²) in [4.78, 5) is 42.1. The minimum Gasteiger partial charge on any atom is -0.324 e. The summed E-state index contributed by atoms with van der Waals surface area (Å²) >= 11 is 0. The Morgan fingerprint density at radius 3 is 0.500 bits per heavy atom. The highest BCUT2D eigenvalue weighted by atomic mass is 15.1. The van der Waals surface area contributed by atoms with Crippen molar-refractivity contribution in [2.24, 2.45) is 47.3 Å². The fourth-order valence-electron chi connectivity index (χ4n) is 19.8. The topological polar surface area (TPSA) is 109 Å². The number of hydrogen-bond donors (Lipinski definition) is 2. The lowest BCUT2D eigenvalue weighted by molar-refractivity contribution is 0.711. The van der Waals surface area contributed by atoms with Gasteiger partial charge < -0.3 is 9.97 Å². The molecule has 5 heterocycles. The Bertz CT molecular complexity index is 5750. The van der Waals surface area contributed by atoms with E-state index in [9.17, 15) is 0 Å². The van der Waals surface area contributed by atoms with Crippen LogP contribution in [0.1, 0.15) is 250 Å². The van der Waals surface area contributed by atoms with Crippen molar-refractivity contribution in [3.63, 3.8) is 0 Å². The van der Waals surface area contributed by atoms with Crippen molar-refractivity contribution in [1.29, 1.82) is 0 Å². The zero-order chi connectivity index (χ0) is 74.0. The number of rotatable bonds is 0. The number of aromatic amines is 2. The third-order valence-corrected chi connectivity index (χ3v) is 26.3. The summed E-state index contributed by atoms with van der Waals surface area (Å²) in [7, 11) is 0. The average Bonchev–Trinajstić information content (AvgIpc) is 1.58. The second kappa shape index (κ2) is 29.7. The van der Waals surface area contributed by atoms with Crippen LogP contribution in [0.3, 0.4) is 0 Å². The largest absolute Gasteiger partial charge is 0.324 e. The van der Waals surface area contributed by atoms with E-state index in [1.165, 1.54) is 103 Å². The van der Waals surface area contributed by atoms with Crippen molar-refractivity contribution < 1.29 is 0 Å². The first-order valence-electron chi connectivity index (χ1n) is 42.8. The molecule has 8 nitrogen and oxygen atoms in total. The van der Waals surface area contributed by atoms with Crippen molar-refractivity contribution in [2.75, 3.05) is 0 Å². The maximum absolute atomic E-state index is 5.77. The second-order valence-electron chi connectivity index (χ2n) is 34.2. The highest BCUT2D eigenvalue weighted by Gasteiger charge is 2.28. The van der Waals surface area contributed by atoms with Gasteiger partial charge in [0.15, 0.2) is 23.3 Å². The van der Waals surface area contributed by atoms with Crippen LogP contribution in [-0.2, 0) is 0 Å². The minimum absolute atomic E-state index is 0.394. The van der Waals surface area contributed by atoms with Gasteiger partial charge in [0.2, 0.25) is 0 Å². The zero-order valence-electron chi connectivity index (χ0n) is 64.2. The first-order chi connectivity index (χ1) is 55.3. The Morgan fingerprint density at radius 1 is 0.188 bits per heavy atom. The smallest absolute Gasteiger partial charge is 0.164 e. The van der Waals surface area contributed by atoms with Gasteiger partial charge in [0.25, 0.3) is 0 Å². The zero-order valence-corrected chi connectivity index (χ0v) is 64.2. The number of H-pyrrole nitrogens is 2. The van der Waals surface area contributed by atoms with E-state index < -0.39 is 0 Å². The Labute approximate surface area is 657 Å². The molecule has 0 spiro atoms. The van der Waals surface area contributed by atoms with Crippen LogP contribution >= 0.6 is 0 Å². The standard InChI is InChI=1S/C104H90N8/c1-2-18-65(17-1)33-41-73-49-81-57-89-90(58-82(81)50-74(73)42-34-66-19-3-4-20-66)98-105-97(89)109-99-91-59-83-51-75(43-35-67-21-5-6-22-67)76(44-36-68-23-7-8-24-68)52-84(83)60-92(91)101(106-99)111-103-95-63-87-55-79(47-39-71-29-13-14-30-71)80(48-40-72-31-15-16-32-72)56-88(87)64-96(95)104(108-103)112-102-94-62-86-54-78(46-38-70-27-11-12-28-70)77(45-37-69-25-9-10-26-69)53-85(86)61-93(94)100(107-102)110-98/h49-72H,1-32H2,(H2,105,106,107,108,109,110,111,112). The summed E-state index contributed by atoms with van der Waals surface area (Å²) < 4.78 is 0. The molecular weight excluding hydrogens is 1360 g/mol. The van der Waals surface area contributed by atoms with Gasteiger partial charge in [-0.15, -0.1) is 0 Å². The van der Waals surface area contributed by atoms with Gasteiger partial charge in [-0.25, -0.2) is 29.9 Å². The first-order valence-corrected chi connectivity index (χ1v) is 42.8. The van der Waals surface area contributed by atoms with Gasteiger partial charge in [-0.1, -0.05) is 197 Å².